The van der Waals surface area contributed by atoms with Gasteiger partial charge in [-0.25, -0.2) is 17.2 Å². The highest BCUT2D eigenvalue weighted by Gasteiger charge is 2.27. The Balaban J connectivity index is 1.85. The second-order valence-corrected chi connectivity index (χ2v) is 9.24. The predicted octanol–water partition coefficient (Wildman–Crippen LogP) is 4.56. The summed E-state index contributed by atoms with van der Waals surface area (Å²) >= 11 is 3.32. The Morgan fingerprint density at radius 3 is 2.23 bits per heavy atom. The van der Waals surface area contributed by atoms with E-state index in [1.807, 2.05) is 0 Å². The highest BCUT2D eigenvalue weighted by atomic mass is 79.9. The zero-order valence-corrected chi connectivity index (χ0v) is 18.0. The lowest BCUT2D eigenvalue weighted by atomic mass is 10.2. The van der Waals surface area contributed by atoms with Crippen molar-refractivity contribution in [1.82, 2.24) is 4.31 Å². The number of hydrogen-bond donors (Lipinski definition) is 1. The molecule has 0 aliphatic heterocycles. The van der Waals surface area contributed by atoms with E-state index in [4.69, 9.17) is 0 Å². The zero-order valence-electron chi connectivity index (χ0n) is 15.6. The van der Waals surface area contributed by atoms with E-state index >= 15 is 0 Å². The van der Waals surface area contributed by atoms with Crippen molar-refractivity contribution in [1.29, 1.82) is 0 Å². The molecule has 0 unspecified atom stereocenters. The monoisotopic (exact) mass is 494 g/mol. The lowest BCUT2D eigenvalue weighted by Gasteiger charge is -2.22. The van der Waals surface area contributed by atoms with Crippen LogP contribution in [0.1, 0.15) is 5.56 Å². The molecule has 0 aliphatic rings. The fourth-order valence-corrected chi connectivity index (χ4v) is 4.37. The second kappa shape index (κ2) is 9.46. The Bertz CT molecular complexity index is 1140. The van der Waals surface area contributed by atoms with Crippen LogP contribution < -0.4 is 5.32 Å². The Kier molecular flexibility index (Phi) is 6.96. The van der Waals surface area contributed by atoms with Gasteiger partial charge in [-0.05, 0) is 42.0 Å². The first-order valence-electron chi connectivity index (χ1n) is 8.80. The number of sulfonamides is 1. The van der Waals surface area contributed by atoms with Crippen LogP contribution in [0.15, 0.2) is 82.2 Å². The molecule has 3 rings (SSSR count). The van der Waals surface area contributed by atoms with Gasteiger partial charge >= 0.3 is 0 Å². The van der Waals surface area contributed by atoms with Crippen molar-refractivity contribution >= 4 is 37.5 Å². The number of amides is 1. The number of anilines is 1. The van der Waals surface area contributed by atoms with E-state index in [9.17, 15) is 22.0 Å². The molecule has 0 saturated heterocycles. The van der Waals surface area contributed by atoms with Crippen LogP contribution in [0.4, 0.5) is 14.5 Å². The summed E-state index contributed by atoms with van der Waals surface area (Å²) < 4.78 is 54.6. The van der Waals surface area contributed by atoms with E-state index < -0.39 is 34.1 Å². The number of rotatable bonds is 7. The first-order chi connectivity index (χ1) is 14.3. The lowest BCUT2D eigenvalue weighted by Crippen LogP contribution is -2.37. The van der Waals surface area contributed by atoms with Gasteiger partial charge in [-0.2, -0.15) is 4.31 Å². The van der Waals surface area contributed by atoms with E-state index in [0.29, 0.717) is 5.56 Å². The maximum Gasteiger partial charge on any atom is 0.243 e. The molecule has 3 aromatic carbocycles. The molecule has 0 radical (unpaired) electrons. The van der Waals surface area contributed by atoms with E-state index in [0.717, 1.165) is 20.9 Å². The van der Waals surface area contributed by atoms with Crippen molar-refractivity contribution < 1.29 is 22.0 Å². The first-order valence-corrected chi connectivity index (χ1v) is 11.0. The van der Waals surface area contributed by atoms with Gasteiger partial charge in [0.1, 0.15) is 0 Å². The van der Waals surface area contributed by atoms with Crippen LogP contribution in [-0.2, 0) is 21.4 Å². The zero-order chi connectivity index (χ0) is 21.7. The third-order valence-electron chi connectivity index (χ3n) is 4.18. The second-order valence-electron chi connectivity index (χ2n) is 6.39. The smallest absolute Gasteiger partial charge is 0.243 e. The van der Waals surface area contributed by atoms with Crippen molar-refractivity contribution in [3.63, 3.8) is 0 Å². The van der Waals surface area contributed by atoms with Gasteiger partial charge in [0.05, 0.1) is 11.4 Å². The van der Waals surface area contributed by atoms with Crippen molar-refractivity contribution in [2.45, 2.75) is 11.4 Å². The number of carbonyl (C=O) groups excluding carboxylic acids is 1. The molecule has 3 aromatic rings. The minimum atomic E-state index is -3.98. The van der Waals surface area contributed by atoms with Crippen molar-refractivity contribution in [3.05, 3.63) is 94.5 Å². The molecule has 9 heteroatoms. The molecule has 0 saturated carbocycles. The van der Waals surface area contributed by atoms with Gasteiger partial charge in [0.15, 0.2) is 11.6 Å². The molecule has 0 aliphatic carbocycles. The van der Waals surface area contributed by atoms with Crippen LogP contribution in [0.2, 0.25) is 0 Å². The molecule has 0 atom stereocenters. The topological polar surface area (TPSA) is 66.5 Å². The van der Waals surface area contributed by atoms with Crippen LogP contribution >= 0.6 is 15.9 Å². The number of carbonyl (C=O) groups is 1. The van der Waals surface area contributed by atoms with Crippen LogP contribution in [0.3, 0.4) is 0 Å². The van der Waals surface area contributed by atoms with Crippen LogP contribution in [0.25, 0.3) is 0 Å². The molecule has 0 heterocycles. The van der Waals surface area contributed by atoms with Crippen LogP contribution in [0.5, 0.6) is 0 Å². The van der Waals surface area contributed by atoms with Crippen LogP contribution in [-0.4, -0.2) is 25.2 Å². The molecular weight excluding hydrogens is 478 g/mol. The van der Waals surface area contributed by atoms with E-state index in [2.05, 4.69) is 21.2 Å². The number of benzene rings is 3. The molecule has 156 valence electrons. The van der Waals surface area contributed by atoms with Crippen LogP contribution in [0, 0.1) is 11.6 Å². The molecule has 1 N–H and O–H groups in total. The highest BCUT2D eigenvalue weighted by Crippen LogP contribution is 2.20. The SMILES string of the molecule is O=C(CN(Cc1ccc(Br)cc1)S(=O)(=O)c1ccccc1)Nc1ccc(F)c(F)c1. The Morgan fingerprint density at radius 1 is 0.933 bits per heavy atom. The fourth-order valence-electron chi connectivity index (χ4n) is 2.70. The van der Waals surface area contributed by atoms with Gasteiger partial charge in [0, 0.05) is 22.8 Å². The summed E-state index contributed by atoms with van der Waals surface area (Å²) in [7, 11) is -3.98. The van der Waals surface area contributed by atoms with Crippen molar-refractivity contribution in [2.24, 2.45) is 0 Å². The Morgan fingerprint density at radius 2 is 1.60 bits per heavy atom. The third-order valence-corrected chi connectivity index (χ3v) is 6.51. The number of nitrogens with zero attached hydrogens (tertiary/aromatic N) is 1. The summed E-state index contributed by atoms with van der Waals surface area (Å²) in [4.78, 5) is 12.5. The first kappa shape index (κ1) is 22.1. The molecular formula is C21H17BrF2N2O3S. The maximum atomic E-state index is 13.4. The van der Waals surface area contributed by atoms with Gasteiger partial charge in [0.2, 0.25) is 15.9 Å². The molecule has 0 fully saturated rings. The average Bonchev–Trinajstić information content (AvgIpc) is 2.72. The van der Waals surface area contributed by atoms with E-state index in [1.54, 1.807) is 42.5 Å². The molecule has 1 amide bonds. The largest absolute Gasteiger partial charge is 0.325 e. The summed E-state index contributed by atoms with van der Waals surface area (Å²) in [5, 5.41) is 2.40. The average molecular weight is 495 g/mol. The van der Waals surface area contributed by atoms with E-state index in [1.165, 1.54) is 18.2 Å². The Labute approximate surface area is 181 Å². The van der Waals surface area contributed by atoms with Gasteiger partial charge in [-0.3, -0.25) is 4.79 Å². The number of hydrogen-bond acceptors (Lipinski definition) is 3. The molecule has 0 aromatic heterocycles. The van der Waals surface area contributed by atoms with Gasteiger partial charge in [-0.15, -0.1) is 0 Å². The van der Waals surface area contributed by atoms with Gasteiger partial charge in [0.25, 0.3) is 0 Å². The van der Waals surface area contributed by atoms with Gasteiger partial charge < -0.3 is 5.32 Å². The minimum Gasteiger partial charge on any atom is -0.325 e. The highest BCUT2D eigenvalue weighted by molar-refractivity contribution is 9.10. The van der Waals surface area contributed by atoms with Crippen molar-refractivity contribution in [2.75, 3.05) is 11.9 Å². The number of nitrogens with one attached hydrogen (secondary N) is 1. The summed E-state index contributed by atoms with van der Waals surface area (Å²) in [6.45, 7) is -0.554. The molecule has 0 spiro atoms. The summed E-state index contributed by atoms with van der Waals surface area (Å²) in [6.07, 6.45) is 0. The summed E-state index contributed by atoms with van der Waals surface area (Å²) in [5.74, 6) is -2.84. The standard InChI is InChI=1S/C21H17BrF2N2O3S/c22-16-8-6-15(7-9-16)13-26(30(28,29)18-4-2-1-3-5-18)14-21(27)25-17-10-11-19(23)20(24)12-17/h1-12H,13-14H2,(H,25,27). The van der Waals surface area contributed by atoms with E-state index in [-0.39, 0.29) is 17.1 Å². The third kappa shape index (κ3) is 5.50. The maximum absolute atomic E-state index is 13.4. The quantitative estimate of drug-likeness (QED) is 0.523. The lowest BCUT2D eigenvalue weighted by molar-refractivity contribution is -0.116. The molecule has 0 bridgehead atoms. The van der Waals surface area contributed by atoms with Crippen molar-refractivity contribution in [3.8, 4) is 0 Å². The molecule has 30 heavy (non-hydrogen) atoms. The van der Waals surface area contributed by atoms with Gasteiger partial charge in [-0.1, -0.05) is 46.3 Å². The molecule has 5 nitrogen and oxygen atoms in total. The fraction of sp³-hybridized carbons (Fsp3) is 0.0952. The summed E-state index contributed by atoms with van der Waals surface area (Å²) in [5.41, 5.74) is 0.706. The Hall–Kier alpha value is -2.62. The normalized spacial score (nSPS) is 11.5. The minimum absolute atomic E-state index is 0.0274. The summed E-state index contributed by atoms with van der Waals surface area (Å²) in [6, 6.07) is 17.7. The number of halogens is 3. The predicted molar refractivity (Wildman–Crippen MR) is 113 cm³/mol.